The lowest BCUT2D eigenvalue weighted by molar-refractivity contribution is -0.162. The molecule has 0 unspecified atom stereocenters. The fraction of sp³-hybridized carbons (Fsp3) is 0.474. The Morgan fingerprint density at radius 3 is 2.40 bits per heavy atom. The Kier molecular flexibility index (Phi) is 10.6. The number of anilines is 1. The number of nitrogens with zero attached hydrogens (tertiary/aromatic N) is 2. The van der Waals surface area contributed by atoms with E-state index in [1.807, 2.05) is 69.3 Å². The molecule has 2 saturated heterocycles. The van der Waals surface area contributed by atoms with Gasteiger partial charge in [-0.05, 0) is 49.5 Å². The van der Waals surface area contributed by atoms with Crippen molar-refractivity contribution in [2.24, 2.45) is 11.8 Å². The Morgan fingerprint density at radius 2 is 1.74 bits per heavy atom. The van der Waals surface area contributed by atoms with Gasteiger partial charge in [-0.1, -0.05) is 83.5 Å². The molecule has 6 rings (SSSR count). The maximum atomic E-state index is 15.2. The molecule has 1 spiro atoms. The summed E-state index contributed by atoms with van der Waals surface area (Å²) in [5.74, 6) is -4.03. The number of nitrogens with one attached hydrogen (secondary N) is 1. The Morgan fingerprint density at radius 1 is 1.02 bits per heavy atom. The van der Waals surface area contributed by atoms with Gasteiger partial charge in [-0.15, -0.1) is 0 Å². The first-order chi connectivity index (χ1) is 24.1. The third-order valence-corrected chi connectivity index (χ3v) is 11.0. The monoisotopic (exact) mass is 749 g/mol. The second kappa shape index (κ2) is 14.8. The van der Waals surface area contributed by atoms with E-state index in [0.717, 1.165) is 11.1 Å². The van der Waals surface area contributed by atoms with E-state index in [0.29, 0.717) is 28.6 Å². The molecule has 4 aliphatic rings. The molecule has 2 aromatic rings. The number of carbonyl (C=O) groups excluding carboxylic acids is 4. The van der Waals surface area contributed by atoms with Crippen molar-refractivity contribution in [3.63, 3.8) is 0 Å². The van der Waals surface area contributed by atoms with Gasteiger partial charge in [0, 0.05) is 30.2 Å². The summed E-state index contributed by atoms with van der Waals surface area (Å²) >= 11 is 3.61. The van der Waals surface area contributed by atoms with Gasteiger partial charge in [0.2, 0.25) is 11.8 Å². The highest BCUT2D eigenvalue weighted by Gasteiger charge is 2.75. The lowest BCUT2D eigenvalue weighted by Gasteiger charge is -2.39. The van der Waals surface area contributed by atoms with Crippen LogP contribution in [0.1, 0.15) is 49.0 Å². The number of allylic oxidation sites excluding steroid dienone is 1. The van der Waals surface area contributed by atoms with Gasteiger partial charge < -0.3 is 34.4 Å². The first-order valence-corrected chi connectivity index (χ1v) is 17.9. The zero-order valence-corrected chi connectivity index (χ0v) is 30.3. The number of para-hydroxylation sites is 1. The largest absolute Gasteiger partial charge is 0.455 e. The number of hydrogen-bond donors (Lipinski definition) is 2. The number of carbonyl (C=O) groups is 4. The van der Waals surface area contributed by atoms with Gasteiger partial charge in [0.05, 0.1) is 31.2 Å². The summed E-state index contributed by atoms with van der Waals surface area (Å²) in [4.78, 5) is 60.9. The second-order valence-corrected chi connectivity index (χ2v) is 14.3. The summed E-state index contributed by atoms with van der Waals surface area (Å²) in [6.45, 7) is 5.52. The Hall–Kier alpha value is -3.84. The highest BCUT2D eigenvalue weighted by atomic mass is 79.9. The van der Waals surface area contributed by atoms with Gasteiger partial charge in [0.1, 0.15) is 29.8 Å². The lowest BCUT2D eigenvalue weighted by Crippen LogP contribution is -2.58. The molecule has 4 aliphatic heterocycles. The molecule has 0 radical (unpaired) electrons. The number of methoxy groups -OCH3 is 1. The predicted octanol–water partition coefficient (Wildman–Crippen LogP) is 4.05. The number of fused-ring (bicyclic) bond motifs is 2. The van der Waals surface area contributed by atoms with E-state index in [4.69, 9.17) is 14.2 Å². The van der Waals surface area contributed by atoms with Crippen molar-refractivity contribution in [1.82, 2.24) is 10.2 Å². The minimum atomic E-state index is -1.52. The number of amides is 3. The molecule has 0 saturated carbocycles. The molecule has 2 N–H and O–H groups in total. The summed E-state index contributed by atoms with van der Waals surface area (Å²) in [6.07, 6.45) is 4.54. The zero-order valence-electron chi connectivity index (χ0n) is 28.7. The van der Waals surface area contributed by atoms with Gasteiger partial charge in [0.15, 0.2) is 0 Å². The molecule has 12 heteroatoms. The number of aryl methyl sites for hydroxylation is 2. The van der Waals surface area contributed by atoms with Crippen LogP contribution in [0.15, 0.2) is 71.2 Å². The maximum Gasteiger partial charge on any atom is 0.313 e. The molecular weight excluding hydrogens is 706 g/mol. The van der Waals surface area contributed by atoms with Crippen LogP contribution >= 0.6 is 15.9 Å². The number of cyclic esters (lactones) is 1. The van der Waals surface area contributed by atoms with Crippen LogP contribution in [0.25, 0.3) is 0 Å². The van der Waals surface area contributed by atoms with E-state index in [-0.39, 0.29) is 32.1 Å². The summed E-state index contributed by atoms with van der Waals surface area (Å²) in [5, 5.41) is 13.6. The minimum Gasteiger partial charge on any atom is -0.455 e. The van der Waals surface area contributed by atoms with Crippen LogP contribution in [0.3, 0.4) is 0 Å². The van der Waals surface area contributed by atoms with Crippen LogP contribution < -0.4 is 10.2 Å². The molecule has 11 nitrogen and oxygen atoms in total. The predicted molar refractivity (Wildman–Crippen MR) is 189 cm³/mol. The Labute approximate surface area is 300 Å². The smallest absolute Gasteiger partial charge is 0.313 e. The first kappa shape index (κ1) is 36.0. The van der Waals surface area contributed by atoms with Gasteiger partial charge >= 0.3 is 5.97 Å². The topological polar surface area (TPSA) is 135 Å². The highest BCUT2D eigenvalue weighted by molar-refractivity contribution is 9.11. The third kappa shape index (κ3) is 6.20. The van der Waals surface area contributed by atoms with Crippen molar-refractivity contribution < 1.29 is 38.5 Å². The summed E-state index contributed by atoms with van der Waals surface area (Å²) in [7, 11) is 1.51. The van der Waals surface area contributed by atoms with E-state index in [1.54, 1.807) is 23.1 Å². The van der Waals surface area contributed by atoms with Crippen molar-refractivity contribution in [1.29, 1.82) is 0 Å². The molecule has 5 bridgehead atoms. The van der Waals surface area contributed by atoms with Crippen LogP contribution in [0.2, 0.25) is 0 Å². The quantitative estimate of drug-likeness (QED) is 0.320. The first-order valence-electron chi connectivity index (χ1n) is 17.1. The van der Waals surface area contributed by atoms with Gasteiger partial charge in [-0.25, -0.2) is 0 Å². The van der Waals surface area contributed by atoms with Gasteiger partial charge in [-0.2, -0.15) is 0 Å². The molecule has 0 aliphatic carbocycles. The number of likely N-dealkylation sites (tertiary alicyclic amines) is 1. The molecule has 3 amide bonds. The zero-order chi connectivity index (χ0) is 35.7. The third-order valence-electron chi connectivity index (χ3n) is 10.3. The van der Waals surface area contributed by atoms with Crippen molar-refractivity contribution in [3.8, 4) is 0 Å². The summed E-state index contributed by atoms with van der Waals surface area (Å²) in [6, 6.07) is 12.2. The average molecular weight is 751 g/mol. The summed E-state index contributed by atoms with van der Waals surface area (Å²) in [5.41, 5.74) is 1.54. The standard InChI is InChI=1S/C38H44BrN3O8/c1-5-25(20-43)42-34-36(46)41(31-22(2)13-12-14-23(31)3)18-11-7-10-17-28(44)40-27(21-48-4)32(24-15-8-6-9-16-24)49-37(47)29-30(35(42)45)38(34)19-26(39)33(29)50-38/h6-9,11-16,19,25,27,29-30,32-34,43H,5,10,17-18,20-21H2,1-4H3,(H,40,44)/b11-7-/t25-,27-,29+,30-,32-,33+,34+,38-/m0/s1. The van der Waals surface area contributed by atoms with E-state index < -0.39 is 65.6 Å². The van der Waals surface area contributed by atoms with Crippen LogP contribution in [-0.4, -0.2) is 90.4 Å². The number of halogens is 1. The molecular formula is C38H44BrN3O8. The van der Waals surface area contributed by atoms with E-state index in [2.05, 4.69) is 21.2 Å². The number of aliphatic hydroxyl groups is 1. The number of esters is 1. The summed E-state index contributed by atoms with van der Waals surface area (Å²) < 4.78 is 19.0. The van der Waals surface area contributed by atoms with Gasteiger partial charge in [-0.3, -0.25) is 19.2 Å². The second-order valence-electron chi connectivity index (χ2n) is 13.4. The molecule has 8 atom stereocenters. The number of ether oxygens (including phenoxy) is 3. The van der Waals surface area contributed by atoms with Crippen LogP contribution in [0.4, 0.5) is 5.69 Å². The number of rotatable bonds is 7. The van der Waals surface area contributed by atoms with Crippen molar-refractivity contribution in [2.75, 3.05) is 31.8 Å². The van der Waals surface area contributed by atoms with Crippen molar-refractivity contribution in [2.45, 2.75) is 76.0 Å². The number of hydrogen-bond acceptors (Lipinski definition) is 8. The number of aliphatic hydroxyl groups excluding tert-OH is 1. The van der Waals surface area contributed by atoms with Crippen molar-refractivity contribution >= 4 is 45.3 Å². The van der Waals surface area contributed by atoms with E-state index in [9.17, 15) is 19.5 Å². The number of benzene rings is 2. The van der Waals surface area contributed by atoms with E-state index >= 15 is 4.79 Å². The molecule has 50 heavy (non-hydrogen) atoms. The normalized spacial score (nSPS) is 31.3. The molecule has 2 fully saturated rings. The molecule has 2 aromatic carbocycles. The average Bonchev–Trinajstić information content (AvgIpc) is 3.69. The highest BCUT2D eigenvalue weighted by Crippen LogP contribution is 2.59. The minimum absolute atomic E-state index is 0.0542. The maximum absolute atomic E-state index is 15.2. The van der Waals surface area contributed by atoms with Gasteiger partial charge in [0.25, 0.3) is 5.91 Å². The SMILES string of the molecule is CC[C@@H](CO)N1C(=O)[C@@H]2[C@H]3C(=O)O[C@@H](c4ccccc4)[C@H](COC)NC(=O)CC/C=C\CN(c4c(C)cccc4C)C(=O)[C@@H]1[C@]21C=C(Br)[C@H]3O1. The van der Waals surface area contributed by atoms with Crippen LogP contribution in [0, 0.1) is 25.7 Å². The molecule has 0 aromatic heterocycles. The fourth-order valence-electron chi connectivity index (χ4n) is 8.09. The van der Waals surface area contributed by atoms with Crippen LogP contribution in [-0.2, 0) is 33.4 Å². The van der Waals surface area contributed by atoms with Crippen molar-refractivity contribution in [3.05, 3.63) is 87.9 Å². The van der Waals surface area contributed by atoms with E-state index in [1.165, 1.54) is 12.0 Å². The Balaban J connectivity index is 1.52. The Bertz CT molecular complexity index is 1670. The lowest BCUT2D eigenvalue weighted by atomic mass is 9.74. The fourth-order valence-corrected chi connectivity index (χ4v) is 8.82. The molecule has 4 heterocycles. The molecule has 266 valence electrons. The van der Waals surface area contributed by atoms with Crippen LogP contribution in [0.5, 0.6) is 0 Å².